The summed E-state index contributed by atoms with van der Waals surface area (Å²) < 4.78 is 15.5. The first kappa shape index (κ1) is 39.5. The quantitative estimate of drug-likeness (QED) is 0.101. The van der Waals surface area contributed by atoms with Crippen LogP contribution >= 0.6 is 11.9 Å². The Morgan fingerprint density at radius 1 is 1.04 bits per heavy atom. The third-order valence-electron chi connectivity index (χ3n) is 10.3. The maximum Gasteiger partial charge on any atom is 0.335 e. The summed E-state index contributed by atoms with van der Waals surface area (Å²) in [6.45, 7) is 15.2. The first-order valence-corrected chi connectivity index (χ1v) is 20.2. The van der Waals surface area contributed by atoms with E-state index in [0.29, 0.717) is 30.9 Å². The second kappa shape index (κ2) is 18.4. The maximum atomic E-state index is 11.6. The van der Waals surface area contributed by atoms with E-state index in [4.69, 9.17) is 24.4 Å². The number of hydrogen-bond acceptors (Lipinski definition) is 10. The lowest BCUT2D eigenvalue weighted by molar-refractivity contribution is 0.0696. The Bertz CT molecular complexity index is 1850. The van der Waals surface area contributed by atoms with Gasteiger partial charge in [-0.3, -0.25) is 9.71 Å². The Morgan fingerprint density at radius 2 is 1.81 bits per heavy atom. The van der Waals surface area contributed by atoms with Crippen molar-refractivity contribution < 1.29 is 19.4 Å². The topological polar surface area (TPSA) is 122 Å². The van der Waals surface area contributed by atoms with Crippen molar-refractivity contribution in [3.8, 4) is 17.1 Å². The van der Waals surface area contributed by atoms with Crippen LogP contribution in [0.2, 0.25) is 0 Å². The van der Waals surface area contributed by atoms with Gasteiger partial charge in [0.05, 0.1) is 42.0 Å². The normalized spacial score (nSPS) is 15.9. The molecule has 4 aromatic rings. The van der Waals surface area contributed by atoms with Crippen molar-refractivity contribution in [3.63, 3.8) is 0 Å². The second-order valence-electron chi connectivity index (χ2n) is 15.9. The van der Waals surface area contributed by atoms with Gasteiger partial charge in [0.2, 0.25) is 11.8 Å². The van der Waals surface area contributed by atoms with Crippen molar-refractivity contribution in [2.24, 2.45) is 11.3 Å². The molecule has 0 bridgehead atoms. The van der Waals surface area contributed by atoms with E-state index in [1.54, 1.807) is 18.2 Å². The molecule has 1 atom stereocenters. The molecule has 0 radical (unpaired) electrons. The number of nitrogens with one attached hydrogen (secondary N) is 2. The number of anilines is 2. The summed E-state index contributed by atoms with van der Waals surface area (Å²) in [7, 11) is 0. The van der Waals surface area contributed by atoms with Crippen molar-refractivity contribution in [2.75, 3.05) is 42.5 Å². The number of carboxylic acids is 1. The lowest BCUT2D eigenvalue weighted by Gasteiger charge is -2.29. The van der Waals surface area contributed by atoms with Crippen LogP contribution in [0.4, 0.5) is 11.6 Å². The standard InChI is InChI=1S/C43H56N6O4S/c1-29-11-9-14-32(23-31-12-7-6-8-13-31)38(29)39-30(2)40(47-42(46-39)48-54-37-16-10-15-33(24-37)41(50)51)53-28-35(25-43(3,4)5)44-26-34-17-18-36(27-45-34)49-19-21-52-22-20-49/h9-11,14-18,24,27,31,35,44H,6-8,12-13,19-23,25-26,28H2,1-5H3,(H,50,51)(H,46,47,48). The van der Waals surface area contributed by atoms with E-state index in [1.807, 2.05) is 12.3 Å². The van der Waals surface area contributed by atoms with Crippen molar-refractivity contribution in [1.29, 1.82) is 0 Å². The molecule has 6 rings (SSSR count). The van der Waals surface area contributed by atoms with Crippen molar-refractivity contribution in [1.82, 2.24) is 20.3 Å². The summed E-state index contributed by atoms with van der Waals surface area (Å²) in [5, 5.41) is 13.3. The summed E-state index contributed by atoms with van der Waals surface area (Å²) in [6.07, 6.45) is 10.3. The monoisotopic (exact) mass is 752 g/mol. The van der Waals surface area contributed by atoms with Crippen LogP contribution in [0, 0.1) is 25.2 Å². The number of nitrogens with zero attached hydrogens (tertiary/aromatic N) is 4. The molecule has 0 amide bonds. The number of hydrogen-bond donors (Lipinski definition) is 3. The lowest BCUT2D eigenvalue weighted by Crippen LogP contribution is -2.38. The van der Waals surface area contributed by atoms with Gasteiger partial charge in [-0.05, 0) is 91.4 Å². The molecule has 1 aliphatic heterocycles. The molecule has 2 aromatic carbocycles. The van der Waals surface area contributed by atoms with E-state index in [2.05, 4.69) is 79.9 Å². The van der Waals surface area contributed by atoms with Gasteiger partial charge >= 0.3 is 5.97 Å². The average molecular weight is 753 g/mol. The molecule has 288 valence electrons. The summed E-state index contributed by atoms with van der Waals surface area (Å²) in [4.78, 5) is 29.5. The van der Waals surface area contributed by atoms with Crippen LogP contribution < -0.4 is 19.7 Å². The van der Waals surface area contributed by atoms with Gasteiger partial charge in [-0.2, -0.15) is 4.98 Å². The van der Waals surface area contributed by atoms with Crippen LogP contribution in [-0.4, -0.2) is 65.0 Å². The van der Waals surface area contributed by atoms with E-state index < -0.39 is 5.97 Å². The molecule has 1 aliphatic carbocycles. The van der Waals surface area contributed by atoms with Gasteiger partial charge in [0.25, 0.3) is 0 Å². The van der Waals surface area contributed by atoms with Crippen molar-refractivity contribution in [2.45, 2.75) is 97.0 Å². The number of aryl methyl sites for hydroxylation is 1. The first-order valence-electron chi connectivity index (χ1n) is 19.4. The fourth-order valence-corrected chi connectivity index (χ4v) is 8.18. The molecule has 2 aromatic heterocycles. The molecule has 1 saturated carbocycles. The number of carboxylic acid groups (broad SMARTS) is 1. The first-order chi connectivity index (χ1) is 26.0. The second-order valence-corrected chi connectivity index (χ2v) is 16.8. The summed E-state index contributed by atoms with van der Waals surface area (Å²) in [5.74, 6) is 0.642. The number of aromatic carboxylic acids is 1. The molecule has 11 heteroatoms. The van der Waals surface area contributed by atoms with Crippen LogP contribution in [0.25, 0.3) is 11.3 Å². The number of aromatic nitrogens is 3. The van der Waals surface area contributed by atoms with E-state index in [9.17, 15) is 9.90 Å². The molecule has 1 unspecified atom stereocenters. The molecule has 2 fully saturated rings. The summed E-state index contributed by atoms with van der Waals surface area (Å²) in [5.41, 5.74) is 7.76. The number of pyridine rings is 1. The zero-order valence-electron chi connectivity index (χ0n) is 32.5. The Balaban J connectivity index is 1.26. The highest BCUT2D eigenvalue weighted by atomic mass is 32.2. The Morgan fingerprint density at radius 3 is 2.54 bits per heavy atom. The smallest absolute Gasteiger partial charge is 0.335 e. The molecule has 0 spiro atoms. The van der Waals surface area contributed by atoms with Gasteiger partial charge in [0.15, 0.2) is 0 Å². The van der Waals surface area contributed by atoms with Crippen molar-refractivity contribution in [3.05, 3.63) is 88.7 Å². The van der Waals surface area contributed by atoms with Crippen molar-refractivity contribution >= 4 is 29.6 Å². The molecule has 3 N–H and O–H groups in total. The highest BCUT2D eigenvalue weighted by Gasteiger charge is 2.24. The number of benzene rings is 2. The molecule has 3 heterocycles. The van der Waals surface area contributed by atoms with E-state index in [0.717, 1.165) is 72.2 Å². The number of morpholine rings is 1. The van der Waals surface area contributed by atoms with Gasteiger partial charge in [-0.15, -0.1) is 0 Å². The zero-order valence-corrected chi connectivity index (χ0v) is 33.3. The van der Waals surface area contributed by atoms with Crippen LogP contribution in [0.5, 0.6) is 5.88 Å². The maximum absolute atomic E-state index is 11.6. The predicted octanol–water partition coefficient (Wildman–Crippen LogP) is 8.91. The molecule has 2 aliphatic rings. The van der Waals surface area contributed by atoms with E-state index in [1.165, 1.54) is 55.2 Å². The minimum atomic E-state index is -0.966. The fourth-order valence-electron chi connectivity index (χ4n) is 7.55. The fraction of sp³-hybridized carbons (Fsp3) is 0.488. The summed E-state index contributed by atoms with van der Waals surface area (Å²) >= 11 is 1.29. The van der Waals surface area contributed by atoms with Gasteiger partial charge < -0.3 is 24.8 Å². The van der Waals surface area contributed by atoms with Gasteiger partial charge in [0.1, 0.15) is 6.61 Å². The Kier molecular flexibility index (Phi) is 13.5. The number of carbonyl (C=O) groups is 1. The largest absolute Gasteiger partial charge is 0.478 e. The zero-order chi connectivity index (χ0) is 38.1. The Labute approximate surface area is 325 Å². The predicted molar refractivity (Wildman–Crippen MR) is 218 cm³/mol. The van der Waals surface area contributed by atoms with Crippen LogP contribution in [0.3, 0.4) is 0 Å². The molecule has 54 heavy (non-hydrogen) atoms. The molecule has 1 saturated heterocycles. The third kappa shape index (κ3) is 11.0. The highest BCUT2D eigenvalue weighted by Crippen LogP contribution is 2.37. The van der Waals surface area contributed by atoms with Gasteiger partial charge in [-0.25, -0.2) is 9.78 Å². The van der Waals surface area contributed by atoms with Crippen LogP contribution in [0.1, 0.15) is 92.0 Å². The third-order valence-corrected chi connectivity index (χ3v) is 11.1. The SMILES string of the molecule is Cc1cccc(CC2CCCCC2)c1-c1nc(NSc2cccc(C(=O)O)c2)nc(OCC(CC(C)(C)C)NCc2ccc(N3CCOCC3)cn2)c1C. The van der Waals surface area contributed by atoms with Gasteiger partial charge in [-0.1, -0.05) is 77.1 Å². The molecular weight excluding hydrogens is 697 g/mol. The average Bonchev–Trinajstić information content (AvgIpc) is 3.17. The van der Waals surface area contributed by atoms with Gasteiger partial charge in [0, 0.05) is 41.7 Å². The number of ether oxygens (including phenoxy) is 2. The highest BCUT2D eigenvalue weighted by molar-refractivity contribution is 8.00. The van der Waals surface area contributed by atoms with E-state index >= 15 is 0 Å². The van der Waals surface area contributed by atoms with E-state index in [-0.39, 0.29) is 17.0 Å². The Hall–Kier alpha value is -4.19. The lowest BCUT2D eigenvalue weighted by atomic mass is 9.82. The van der Waals surface area contributed by atoms with Crippen LogP contribution in [-0.2, 0) is 17.7 Å². The summed E-state index contributed by atoms with van der Waals surface area (Å²) in [6, 6.07) is 17.7. The minimum Gasteiger partial charge on any atom is -0.478 e. The molecular formula is C43H56N6O4S. The number of rotatable bonds is 15. The van der Waals surface area contributed by atoms with Crippen LogP contribution in [0.15, 0.2) is 65.7 Å². The molecule has 10 nitrogen and oxygen atoms in total. The minimum absolute atomic E-state index is 0.0356.